The summed E-state index contributed by atoms with van der Waals surface area (Å²) in [6.07, 6.45) is 6.39. The SMILES string of the molecule is CC[C@@H]1C[C@H](C)CC/C=C\[C@@H]2C[C@@]2(C(=O)NS(=O)(=O)C2CC2)NC(=O)[C@@H]2C[C@@H](Oc3ncc(N4CCOCC4)c4cc(OC)c(F)cc34)CN2C(=O)[C@H]1NC(=O)O. The summed E-state index contributed by atoms with van der Waals surface area (Å²) >= 11 is 0. The average Bonchev–Trinajstić information content (AvgIpc) is 4.11. The number of hydrogen-bond acceptors (Lipinski definition) is 11. The molecule has 2 aliphatic carbocycles. The molecule has 16 nitrogen and oxygen atoms in total. The Labute approximate surface area is 330 Å². The molecule has 5 aliphatic rings. The van der Waals surface area contributed by atoms with Crippen molar-refractivity contribution in [1.29, 1.82) is 0 Å². The maximum atomic E-state index is 15.3. The molecule has 0 bridgehead atoms. The van der Waals surface area contributed by atoms with Gasteiger partial charge in [-0.1, -0.05) is 32.4 Å². The molecule has 310 valence electrons. The lowest BCUT2D eigenvalue weighted by Crippen LogP contribution is -2.59. The van der Waals surface area contributed by atoms with Gasteiger partial charge in [0, 0.05) is 36.2 Å². The summed E-state index contributed by atoms with van der Waals surface area (Å²) in [6, 6.07) is 0.395. The number of nitrogens with one attached hydrogen (secondary N) is 3. The molecule has 2 saturated heterocycles. The van der Waals surface area contributed by atoms with E-state index in [1.165, 1.54) is 18.1 Å². The fraction of sp³-hybridized carbons (Fsp3) is 0.615. The summed E-state index contributed by atoms with van der Waals surface area (Å²) in [5.74, 6) is -3.57. The first-order valence-electron chi connectivity index (χ1n) is 19.7. The number of carbonyl (C=O) groups is 4. The lowest BCUT2D eigenvalue weighted by atomic mass is 9.85. The Balaban J connectivity index is 1.24. The summed E-state index contributed by atoms with van der Waals surface area (Å²) in [5.41, 5.74) is -0.862. The van der Waals surface area contributed by atoms with Crippen molar-refractivity contribution in [3.8, 4) is 11.6 Å². The summed E-state index contributed by atoms with van der Waals surface area (Å²) in [5, 5.41) is 15.4. The number of aromatic nitrogens is 1. The Bertz CT molecular complexity index is 2040. The molecule has 4 amide bonds. The first kappa shape index (κ1) is 40.5. The number of sulfonamides is 1. The molecule has 7 rings (SSSR count). The maximum absolute atomic E-state index is 15.3. The number of fused-ring (bicyclic) bond motifs is 3. The van der Waals surface area contributed by atoms with Crippen molar-refractivity contribution in [2.24, 2.45) is 17.8 Å². The molecule has 4 N–H and O–H groups in total. The highest BCUT2D eigenvalue weighted by molar-refractivity contribution is 7.91. The van der Waals surface area contributed by atoms with Crippen LogP contribution in [0.2, 0.25) is 0 Å². The van der Waals surface area contributed by atoms with Crippen molar-refractivity contribution < 1.29 is 51.3 Å². The van der Waals surface area contributed by atoms with Gasteiger partial charge >= 0.3 is 6.09 Å². The molecule has 57 heavy (non-hydrogen) atoms. The number of halogens is 1. The van der Waals surface area contributed by atoms with Gasteiger partial charge in [0.05, 0.1) is 44.0 Å². The third-order valence-electron chi connectivity index (χ3n) is 12.0. The third kappa shape index (κ3) is 8.47. The van der Waals surface area contributed by atoms with Gasteiger partial charge in [0.15, 0.2) is 11.6 Å². The third-order valence-corrected chi connectivity index (χ3v) is 13.8. The number of methoxy groups -OCH3 is 1. The zero-order valence-electron chi connectivity index (χ0n) is 32.4. The summed E-state index contributed by atoms with van der Waals surface area (Å²) in [4.78, 5) is 63.0. The molecular weight excluding hydrogens is 764 g/mol. The van der Waals surface area contributed by atoms with E-state index in [-0.39, 0.29) is 36.9 Å². The number of carboxylic acid groups (broad SMARTS) is 1. The second-order valence-electron chi connectivity index (χ2n) is 16.0. The fourth-order valence-corrected chi connectivity index (χ4v) is 9.88. The molecule has 1 aromatic heterocycles. The Morgan fingerprint density at radius 3 is 2.58 bits per heavy atom. The van der Waals surface area contributed by atoms with Gasteiger partial charge in [0.25, 0.3) is 5.91 Å². The van der Waals surface area contributed by atoms with Gasteiger partial charge in [-0.3, -0.25) is 19.1 Å². The van der Waals surface area contributed by atoms with Gasteiger partial charge in [-0.25, -0.2) is 22.6 Å². The minimum Gasteiger partial charge on any atom is -0.494 e. The van der Waals surface area contributed by atoms with E-state index < -0.39 is 80.5 Å². The van der Waals surface area contributed by atoms with Crippen molar-refractivity contribution in [3.63, 3.8) is 0 Å². The number of hydrogen-bond donors (Lipinski definition) is 4. The maximum Gasteiger partial charge on any atom is 0.405 e. The van der Waals surface area contributed by atoms with Crippen LogP contribution in [0.1, 0.15) is 65.2 Å². The van der Waals surface area contributed by atoms with Crippen molar-refractivity contribution in [2.75, 3.05) is 44.9 Å². The van der Waals surface area contributed by atoms with Crippen LogP contribution in [0.4, 0.5) is 14.9 Å². The van der Waals surface area contributed by atoms with Gasteiger partial charge in [-0.2, -0.15) is 0 Å². The quantitative estimate of drug-likeness (QED) is 0.270. The number of allylic oxidation sites excluding steroid dienone is 1. The molecule has 4 fully saturated rings. The highest BCUT2D eigenvalue weighted by atomic mass is 32.2. The standard InChI is InChI=1S/C39H51FN6O10S/c1-4-23-15-22(2)7-5-6-8-24-19-39(24,37(49)44-57(52,53)26-9-10-26)43-34(47)30-16-25(21-46(30)36(48)33(23)42-38(50)51)56-35-28-17-29(40)32(54-3)18-27(28)31(20-41-35)45-11-13-55-14-12-45/h6,8,17-18,20,22-26,30,33,42H,4-5,7,9-16,19,21H2,1-3H3,(H,43,47)(H,44,49)(H,50,51)/b8-6-/t22-,23-,24-,25-,30+,33+,39-/m1/s1. The number of pyridine rings is 1. The van der Waals surface area contributed by atoms with E-state index in [0.717, 1.165) is 12.1 Å². The lowest BCUT2D eigenvalue weighted by molar-refractivity contribution is -0.142. The van der Waals surface area contributed by atoms with Crippen LogP contribution in [-0.4, -0.2) is 116 Å². The number of anilines is 1. The van der Waals surface area contributed by atoms with Gasteiger partial charge in [-0.15, -0.1) is 0 Å². The van der Waals surface area contributed by atoms with Gasteiger partial charge in [-0.05, 0) is 62.5 Å². The molecule has 2 saturated carbocycles. The molecule has 3 aliphatic heterocycles. The molecule has 0 radical (unpaired) electrons. The van der Waals surface area contributed by atoms with Crippen LogP contribution >= 0.6 is 0 Å². The number of benzene rings is 1. The van der Waals surface area contributed by atoms with Crippen LogP contribution < -0.4 is 29.7 Å². The van der Waals surface area contributed by atoms with Crippen LogP contribution in [-0.2, 0) is 29.1 Å². The minimum absolute atomic E-state index is 0.0242. The number of amides is 4. The zero-order valence-corrected chi connectivity index (χ0v) is 33.2. The smallest absolute Gasteiger partial charge is 0.405 e. The Morgan fingerprint density at radius 1 is 1.14 bits per heavy atom. The molecule has 7 atom stereocenters. The number of rotatable bonds is 9. The number of ether oxygens (including phenoxy) is 3. The van der Waals surface area contributed by atoms with Gasteiger partial charge in [0.1, 0.15) is 23.7 Å². The first-order valence-corrected chi connectivity index (χ1v) is 21.3. The molecular formula is C39H51FN6O10S. The Hall–Kier alpha value is -4.71. The number of carbonyl (C=O) groups excluding carboxylic acids is 3. The van der Waals surface area contributed by atoms with E-state index in [2.05, 4.69) is 25.2 Å². The Kier molecular flexibility index (Phi) is 11.6. The molecule has 4 heterocycles. The predicted octanol–water partition coefficient (Wildman–Crippen LogP) is 3.09. The average molecular weight is 815 g/mol. The minimum atomic E-state index is -3.95. The van der Waals surface area contributed by atoms with Crippen molar-refractivity contribution in [2.45, 2.75) is 94.2 Å². The zero-order chi connectivity index (χ0) is 40.6. The fourth-order valence-electron chi connectivity index (χ4n) is 8.51. The van der Waals surface area contributed by atoms with Crippen LogP contribution in [0.3, 0.4) is 0 Å². The van der Waals surface area contributed by atoms with Crippen molar-refractivity contribution in [1.82, 2.24) is 25.2 Å². The Morgan fingerprint density at radius 2 is 1.89 bits per heavy atom. The molecule has 2 aromatic rings. The largest absolute Gasteiger partial charge is 0.494 e. The molecule has 18 heteroatoms. The van der Waals surface area contributed by atoms with E-state index in [9.17, 15) is 32.7 Å². The van der Waals surface area contributed by atoms with Gasteiger partial charge < -0.3 is 39.8 Å². The highest BCUT2D eigenvalue weighted by Gasteiger charge is 2.62. The van der Waals surface area contributed by atoms with E-state index in [4.69, 9.17) is 14.2 Å². The normalized spacial score (nSPS) is 30.2. The number of nitrogens with zero attached hydrogens (tertiary/aromatic N) is 3. The summed E-state index contributed by atoms with van der Waals surface area (Å²) in [7, 11) is -2.58. The second kappa shape index (κ2) is 16.3. The molecule has 1 aromatic carbocycles. The van der Waals surface area contributed by atoms with Gasteiger partial charge in [0.2, 0.25) is 27.7 Å². The highest BCUT2D eigenvalue weighted by Crippen LogP contribution is 2.46. The second-order valence-corrected chi connectivity index (χ2v) is 17.9. The van der Waals surface area contributed by atoms with E-state index in [1.54, 1.807) is 12.3 Å². The van der Waals surface area contributed by atoms with E-state index in [1.807, 2.05) is 26.0 Å². The monoisotopic (exact) mass is 814 g/mol. The van der Waals surface area contributed by atoms with Crippen LogP contribution in [0.25, 0.3) is 10.8 Å². The van der Waals surface area contributed by atoms with E-state index >= 15 is 4.39 Å². The predicted molar refractivity (Wildman–Crippen MR) is 206 cm³/mol. The number of morpholine rings is 1. The van der Waals surface area contributed by atoms with E-state index in [0.29, 0.717) is 69.2 Å². The molecule has 0 spiro atoms. The van der Waals surface area contributed by atoms with Crippen LogP contribution in [0.15, 0.2) is 30.5 Å². The van der Waals surface area contributed by atoms with Crippen LogP contribution in [0, 0.1) is 23.6 Å². The molecule has 0 unspecified atom stereocenters. The van der Waals surface area contributed by atoms with Crippen molar-refractivity contribution >= 4 is 50.3 Å². The lowest BCUT2D eigenvalue weighted by Gasteiger charge is -2.33. The summed E-state index contributed by atoms with van der Waals surface area (Å²) < 4.78 is 60.5. The van der Waals surface area contributed by atoms with Crippen molar-refractivity contribution in [3.05, 3.63) is 36.3 Å². The topological polar surface area (TPSA) is 206 Å². The first-order chi connectivity index (χ1) is 27.2. The van der Waals surface area contributed by atoms with Crippen LogP contribution in [0.5, 0.6) is 11.6 Å². The summed E-state index contributed by atoms with van der Waals surface area (Å²) in [6.45, 7) is 5.91.